The van der Waals surface area contributed by atoms with E-state index in [1.54, 1.807) is 43.3 Å². The summed E-state index contributed by atoms with van der Waals surface area (Å²) in [6, 6.07) is 8.47. The monoisotopic (exact) mass is 463 g/mol. The molecule has 1 amide bonds. The van der Waals surface area contributed by atoms with Crippen LogP contribution in [0, 0.1) is 0 Å². The van der Waals surface area contributed by atoms with Crippen molar-refractivity contribution in [3.63, 3.8) is 0 Å². The highest BCUT2D eigenvalue weighted by atomic mass is 35.5. The van der Waals surface area contributed by atoms with Crippen LogP contribution in [0.2, 0.25) is 0 Å². The maximum Gasteiger partial charge on any atom is 0.276 e. The van der Waals surface area contributed by atoms with E-state index >= 15 is 0 Å². The van der Waals surface area contributed by atoms with Gasteiger partial charge in [-0.15, -0.1) is 5.11 Å². The molecule has 0 aliphatic heterocycles. The van der Waals surface area contributed by atoms with Crippen molar-refractivity contribution in [2.24, 2.45) is 10.2 Å². The number of azo groups is 1. The molecule has 32 heavy (non-hydrogen) atoms. The maximum atomic E-state index is 13.1. The molecule has 0 fully saturated rings. The zero-order valence-electron chi connectivity index (χ0n) is 18.6. The minimum absolute atomic E-state index is 0.223. The van der Waals surface area contributed by atoms with E-state index in [-0.39, 0.29) is 17.1 Å². The molecule has 2 aromatic carbocycles. The predicted octanol–water partition coefficient (Wildman–Crippen LogP) is 4.73. The van der Waals surface area contributed by atoms with Crippen molar-refractivity contribution < 1.29 is 28.5 Å². The van der Waals surface area contributed by atoms with Gasteiger partial charge in [-0.05, 0) is 45.0 Å². The molecule has 10 heteroatoms. The Morgan fingerprint density at radius 2 is 1.53 bits per heavy atom. The van der Waals surface area contributed by atoms with Crippen LogP contribution in [0.4, 0.5) is 11.4 Å². The zero-order chi connectivity index (χ0) is 23.7. The average molecular weight is 464 g/mol. The second-order valence-electron chi connectivity index (χ2n) is 6.33. The molecule has 0 heterocycles. The third-order valence-electron chi connectivity index (χ3n) is 4.25. The zero-order valence-corrected chi connectivity index (χ0v) is 19.4. The molecule has 0 spiro atoms. The minimum Gasteiger partial charge on any atom is -0.494 e. The van der Waals surface area contributed by atoms with Gasteiger partial charge in [0.25, 0.3) is 5.91 Å². The third-order valence-corrected chi connectivity index (χ3v) is 4.59. The normalized spacial score (nSPS) is 11.7. The van der Waals surface area contributed by atoms with Gasteiger partial charge >= 0.3 is 0 Å². The van der Waals surface area contributed by atoms with Gasteiger partial charge in [0.15, 0.2) is 23.0 Å². The number of hydrogen-bond acceptors (Lipinski definition) is 8. The number of Topliss-reactive ketones (excluding diaryl/α,β-unsaturated/α-hetero) is 1. The standard InChI is InChI=1S/C22H26ClN3O6/c1-6-31-18-13-8-10-15(21(18)32-7-2)26(23)22(28)19(14(3)27)24-25-20-16(29-4)11-9-12-17(20)30-5/h8-13,19H,6-7H2,1-5H3. The van der Waals surface area contributed by atoms with Gasteiger partial charge in [0.05, 0.1) is 27.4 Å². The molecule has 0 aromatic heterocycles. The van der Waals surface area contributed by atoms with Crippen LogP contribution in [0.1, 0.15) is 20.8 Å². The van der Waals surface area contributed by atoms with Gasteiger partial charge in [-0.25, -0.2) is 4.42 Å². The van der Waals surface area contributed by atoms with Gasteiger partial charge in [0.2, 0.25) is 6.04 Å². The van der Waals surface area contributed by atoms with Crippen molar-refractivity contribution in [1.82, 2.24) is 0 Å². The van der Waals surface area contributed by atoms with Crippen molar-refractivity contribution in [3.05, 3.63) is 36.4 Å². The highest BCUT2D eigenvalue weighted by Gasteiger charge is 2.31. The first-order valence-corrected chi connectivity index (χ1v) is 10.2. The number of para-hydroxylation sites is 1. The Hall–Kier alpha value is -3.33. The van der Waals surface area contributed by atoms with Crippen molar-refractivity contribution in [1.29, 1.82) is 0 Å². The van der Waals surface area contributed by atoms with Crippen molar-refractivity contribution in [2.45, 2.75) is 26.8 Å². The quantitative estimate of drug-likeness (QED) is 0.271. The molecule has 9 nitrogen and oxygen atoms in total. The highest BCUT2D eigenvalue weighted by molar-refractivity contribution is 6.39. The smallest absolute Gasteiger partial charge is 0.276 e. The van der Waals surface area contributed by atoms with E-state index in [4.69, 9.17) is 30.7 Å². The highest BCUT2D eigenvalue weighted by Crippen LogP contribution is 2.40. The van der Waals surface area contributed by atoms with E-state index in [2.05, 4.69) is 10.2 Å². The average Bonchev–Trinajstić information content (AvgIpc) is 2.79. The molecule has 0 bridgehead atoms. The molecule has 0 aliphatic carbocycles. The molecule has 0 saturated heterocycles. The van der Waals surface area contributed by atoms with Gasteiger partial charge in [-0.2, -0.15) is 5.11 Å². The Bertz CT molecular complexity index is 960. The summed E-state index contributed by atoms with van der Waals surface area (Å²) in [4.78, 5) is 25.4. The van der Waals surface area contributed by atoms with Gasteiger partial charge in [-0.1, -0.05) is 12.1 Å². The second kappa shape index (κ2) is 11.9. The molecule has 1 atom stereocenters. The number of amides is 1. The summed E-state index contributed by atoms with van der Waals surface area (Å²) in [6.45, 7) is 5.56. The fourth-order valence-electron chi connectivity index (χ4n) is 2.79. The van der Waals surface area contributed by atoms with Crippen LogP contribution in [-0.4, -0.2) is 45.2 Å². The molecule has 0 aliphatic rings. The number of hydrogen-bond donors (Lipinski definition) is 0. The van der Waals surface area contributed by atoms with Crippen LogP contribution in [0.3, 0.4) is 0 Å². The van der Waals surface area contributed by atoms with Crippen LogP contribution in [0.5, 0.6) is 23.0 Å². The first kappa shape index (κ1) is 24.9. The Kier molecular flexibility index (Phi) is 9.27. The predicted molar refractivity (Wildman–Crippen MR) is 121 cm³/mol. The molecule has 0 N–H and O–H groups in total. The van der Waals surface area contributed by atoms with Crippen LogP contribution >= 0.6 is 11.8 Å². The van der Waals surface area contributed by atoms with Gasteiger partial charge < -0.3 is 18.9 Å². The lowest BCUT2D eigenvalue weighted by atomic mass is 10.2. The number of rotatable bonds is 11. The molecule has 2 rings (SSSR count). The van der Waals surface area contributed by atoms with E-state index in [1.807, 2.05) is 6.92 Å². The lowest BCUT2D eigenvalue weighted by Gasteiger charge is -2.21. The van der Waals surface area contributed by atoms with Gasteiger partial charge in [0.1, 0.15) is 17.2 Å². The summed E-state index contributed by atoms with van der Waals surface area (Å²) >= 11 is 6.35. The van der Waals surface area contributed by atoms with E-state index in [1.165, 1.54) is 21.1 Å². The number of ketones is 1. The number of nitrogens with zero attached hydrogens (tertiary/aromatic N) is 3. The number of methoxy groups -OCH3 is 2. The summed E-state index contributed by atoms with van der Waals surface area (Å²) in [6.07, 6.45) is 0. The Balaban J connectivity index is 2.43. The summed E-state index contributed by atoms with van der Waals surface area (Å²) in [5, 5.41) is 8.02. The molecule has 0 radical (unpaired) electrons. The maximum absolute atomic E-state index is 13.1. The minimum atomic E-state index is -1.49. The number of carbonyl (C=O) groups excluding carboxylic acids is 2. The summed E-state index contributed by atoms with van der Waals surface area (Å²) in [5.74, 6) is 0.0988. The summed E-state index contributed by atoms with van der Waals surface area (Å²) in [7, 11) is 2.92. The number of anilines is 1. The first-order chi connectivity index (χ1) is 15.4. The van der Waals surface area contributed by atoms with Crippen molar-refractivity contribution in [2.75, 3.05) is 31.9 Å². The summed E-state index contributed by atoms with van der Waals surface area (Å²) < 4.78 is 22.5. The number of ether oxygens (including phenoxy) is 4. The molecular weight excluding hydrogens is 438 g/mol. The lowest BCUT2D eigenvalue weighted by molar-refractivity contribution is -0.126. The Morgan fingerprint density at radius 3 is 2.06 bits per heavy atom. The topological polar surface area (TPSA) is 99.0 Å². The fourth-order valence-corrected chi connectivity index (χ4v) is 3.02. The van der Waals surface area contributed by atoms with E-state index < -0.39 is 17.7 Å². The van der Waals surface area contributed by atoms with Crippen molar-refractivity contribution in [3.8, 4) is 23.0 Å². The Morgan fingerprint density at radius 1 is 0.969 bits per heavy atom. The third kappa shape index (κ3) is 5.67. The van der Waals surface area contributed by atoms with Crippen LogP contribution in [0.15, 0.2) is 46.6 Å². The van der Waals surface area contributed by atoms with Gasteiger partial charge in [-0.3, -0.25) is 9.59 Å². The van der Waals surface area contributed by atoms with E-state index in [0.717, 1.165) is 4.42 Å². The fraction of sp³-hybridized carbons (Fsp3) is 0.364. The van der Waals surface area contributed by atoms with E-state index in [0.29, 0.717) is 30.5 Å². The summed E-state index contributed by atoms with van der Waals surface area (Å²) in [5.41, 5.74) is 0.465. The molecule has 172 valence electrons. The number of halogens is 1. The second-order valence-corrected chi connectivity index (χ2v) is 6.67. The number of carbonyl (C=O) groups is 2. The van der Waals surface area contributed by atoms with Gasteiger partial charge in [0, 0.05) is 11.8 Å². The largest absolute Gasteiger partial charge is 0.494 e. The van der Waals surface area contributed by atoms with E-state index in [9.17, 15) is 9.59 Å². The van der Waals surface area contributed by atoms with Crippen LogP contribution in [0.25, 0.3) is 0 Å². The molecule has 2 aromatic rings. The Labute approximate surface area is 192 Å². The molecule has 0 saturated carbocycles. The molecular formula is C22H26ClN3O6. The van der Waals surface area contributed by atoms with Crippen LogP contribution in [-0.2, 0) is 9.59 Å². The molecule has 1 unspecified atom stereocenters. The lowest BCUT2D eigenvalue weighted by Crippen LogP contribution is -2.36. The van der Waals surface area contributed by atoms with Crippen molar-refractivity contribution >= 4 is 34.8 Å². The first-order valence-electron chi connectivity index (χ1n) is 9.90. The van der Waals surface area contributed by atoms with Crippen LogP contribution < -0.4 is 23.4 Å². The number of benzene rings is 2. The SMILES string of the molecule is CCOc1cccc(N(Cl)C(=O)C(N=Nc2c(OC)cccc2OC)C(C)=O)c1OCC.